The molecule has 2 nitrogen and oxygen atoms in total. The van der Waals surface area contributed by atoms with Gasteiger partial charge in [-0.2, -0.15) is 0 Å². The molecule has 13 heavy (non-hydrogen) atoms. The van der Waals surface area contributed by atoms with E-state index < -0.39 is 0 Å². The van der Waals surface area contributed by atoms with Gasteiger partial charge in [0.2, 0.25) is 0 Å². The van der Waals surface area contributed by atoms with Crippen LogP contribution >= 0.6 is 0 Å². The van der Waals surface area contributed by atoms with Gasteiger partial charge in [-0.1, -0.05) is 13.8 Å². The van der Waals surface area contributed by atoms with E-state index in [0.29, 0.717) is 12.2 Å². The number of nitrogens with one attached hydrogen (secondary N) is 1. The van der Waals surface area contributed by atoms with Gasteiger partial charge >= 0.3 is 0 Å². The molecule has 0 aromatic rings. The van der Waals surface area contributed by atoms with E-state index in [4.69, 9.17) is 4.74 Å². The summed E-state index contributed by atoms with van der Waals surface area (Å²) in [6.45, 7) is 8.95. The smallest absolute Gasteiger partial charge is 0.0603 e. The molecule has 1 fully saturated rings. The van der Waals surface area contributed by atoms with Crippen LogP contribution < -0.4 is 5.32 Å². The second-order valence-electron chi connectivity index (χ2n) is 4.53. The van der Waals surface area contributed by atoms with Crippen LogP contribution in [-0.2, 0) is 4.74 Å². The molecule has 0 aliphatic carbocycles. The van der Waals surface area contributed by atoms with Crippen LogP contribution in [0.3, 0.4) is 0 Å². The molecule has 1 heterocycles. The van der Waals surface area contributed by atoms with Gasteiger partial charge < -0.3 is 10.1 Å². The summed E-state index contributed by atoms with van der Waals surface area (Å²) in [7, 11) is 0. The molecule has 1 saturated heterocycles. The van der Waals surface area contributed by atoms with Gasteiger partial charge in [-0.3, -0.25) is 0 Å². The molecule has 0 bridgehead atoms. The van der Waals surface area contributed by atoms with Crippen molar-refractivity contribution in [2.45, 2.75) is 52.2 Å². The molecule has 2 heteroatoms. The number of hydrogen-bond donors (Lipinski definition) is 1. The Labute approximate surface area is 82.0 Å². The molecule has 0 spiro atoms. The first-order valence-electron chi connectivity index (χ1n) is 5.54. The molecule has 0 amide bonds. The Morgan fingerprint density at radius 1 is 1.23 bits per heavy atom. The monoisotopic (exact) mass is 185 g/mol. The maximum absolute atomic E-state index is 5.96. The van der Waals surface area contributed by atoms with Gasteiger partial charge in [0.1, 0.15) is 0 Å². The zero-order chi connectivity index (χ0) is 9.68. The van der Waals surface area contributed by atoms with Crippen molar-refractivity contribution >= 4 is 0 Å². The highest BCUT2D eigenvalue weighted by Crippen LogP contribution is 2.14. The Kier molecular flexibility index (Phi) is 4.74. The molecule has 1 unspecified atom stereocenters. The van der Waals surface area contributed by atoms with E-state index in [1.807, 2.05) is 0 Å². The molecule has 0 saturated carbocycles. The van der Waals surface area contributed by atoms with Crippen LogP contribution in [0.1, 0.15) is 40.0 Å². The van der Waals surface area contributed by atoms with E-state index in [1.54, 1.807) is 0 Å². The van der Waals surface area contributed by atoms with Gasteiger partial charge in [0.05, 0.1) is 12.2 Å². The van der Waals surface area contributed by atoms with Crippen LogP contribution in [0.5, 0.6) is 0 Å². The summed E-state index contributed by atoms with van der Waals surface area (Å²) in [6, 6.07) is 0. The van der Waals surface area contributed by atoms with Crippen molar-refractivity contribution in [1.82, 2.24) is 5.32 Å². The first-order chi connectivity index (χ1) is 6.18. The summed E-state index contributed by atoms with van der Waals surface area (Å²) < 4.78 is 5.96. The highest BCUT2D eigenvalue weighted by molar-refractivity contribution is 4.69. The lowest BCUT2D eigenvalue weighted by Crippen LogP contribution is -2.34. The minimum atomic E-state index is 0.433. The predicted octanol–water partition coefficient (Wildman–Crippen LogP) is 2.19. The third kappa shape index (κ3) is 4.63. The number of hydrogen-bond acceptors (Lipinski definition) is 2. The topological polar surface area (TPSA) is 21.3 Å². The van der Waals surface area contributed by atoms with Gasteiger partial charge in [-0.25, -0.2) is 0 Å². The highest BCUT2D eigenvalue weighted by atomic mass is 16.5. The van der Waals surface area contributed by atoms with E-state index >= 15 is 0 Å². The summed E-state index contributed by atoms with van der Waals surface area (Å²) in [4.78, 5) is 0. The van der Waals surface area contributed by atoms with Gasteiger partial charge in [0, 0.05) is 0 Å². The van der Waals surface area contributed by atoms with E-state index in [2.05, 4.69) is 26.1 Å². The lowest BCUT2D eigenvalue weighted by atomic mass is 10.1. The number of rotatable bonds is 4. The fourth-order valence-electron chi connectivity index (χ4n) is 1.98. The standard InChI is InChI=1S/C11H23NO/c1-9(2)8-10(3)13-11-4-6-12-7-5-11/h9-12H,4-8H2,1-3H3. The van der Waals surface area contributed by atoms with Crippen molar-refractivity contribution in [2.24, 2.45) is 5.92 Å². The molecule has 1 rings (SSSR count). The van der Waals surface area contributed by atoms with Crippen LogP contribution in [0.25, 0.3) is 0 Å². The Morgan fingerprint density at radius 2 is 1.85 bits per heavy atom. The van der Waals surface area contributed by atoms with E-state index in [9.17, 15) is 0 Å². The van der Waals surface area contributed by atoms with Crippen LogP contribution in [-0.4, -0.2) is 25.3 Å². The fraction of sp³-hybridized carbons (Fsp3) is 1.00. The quantitative estimate of drug-likeness (QED) is 0.725. The first kappa shape index (κ1) is 11.0. The normalized spacial score (nSPS) is 22.2. The molecule has 1 N–H and O–H groups in total. The summed E-state index contributed by atoms with van der Waals surface area (Å²) in [5, 5.41) is 3.35. The van der Waals surface area contributed by atoms with E-state index in [1.165, 1.54) is 19.3 Å². The van der Waals surface area contributed by atoms with Crippen LogP contribution in [0.15, 0.2) is 0 Å². The zero-order valence-electron chi connectivity index (χ0n) is 9.18. The molecule has 1 aliphatic rings. The Bertz CT molecular complexity index is 130. The molecule has 1 aliphatic heterocycles. The lowest BCUT2D eigenvalue weighted by molar-refractivity contribution is -0.0256. The Balaban J connectivity index is 2.14. The Morgan fingerprint density at radius 3 is 2.38 bits per heavy atom. The molecular weight excluding hydrogens is 162 g/mol. The third-order valence-electron chi connectivity index (χ3n) is 2.51. The van der Waals surface area contributed by atoms with E-state index in [0.717, 1.165) is 19.0 Å². The van der Waals surface area contributed by atoms with Crippen LogP contribution in [0.4, 0.5) is 0 Å². The van der Waals surface area contributed by atoms with Gasteiger partial charge in [0.15, 0.2) is 0 Å². The maximum atomic E-state index is 5.96. The number of piperidine rings is 1. The molecule has 78 valence electrons. The van der Waals surface area contributed by atoms with Crippen molar-refractivity contribution < 1.29 is 4.74 Å². The van der Waals surface area contributed by atoms with Crippen molar-refractivity contribution in [3.05, 3.63) is 0 Å². The Hall–Kier alpha value is -0.0800. The van der Waals surface area contributed by atoms with Crippen molar-refractivity contribution in [3.8, 4) is 0 Å². The summed E-state index contributed by atoms with van der Waals surface area (Å²) in [6.07, 6.45) is 4.49. The minimum absolute atomic E-state index is 0.433. The molecule has 0 aromatic heterocycles. The summed E-state index contributed by atoms with van der Waals surface area (Å²) in [5.74, 6) is 0.747. The molecule has 0 radical (unpaired) electrons. The second-order valence-corrected chi connectivity index (χ2v) is 4.53. The molecule has 0 aromatic carbocycles. The lowest BCUT2D eigenvalue weighted by Gasteiger charge is -2.27. The molecule has 1 atom stereocenters. The van der Waals surface area contributed by atoms with Crippen molar-refractivity contribution in [3.63, 3.8) is 0 Å². The van der Waals surface area contributed by atoms with Crippen molar-refractivity contribution in [2.75, 3.05) is 13.1 Å². The summed E-state index contributed by atoms with van der Waals surface area (Å²) in [5.41, 5.74) is 0. The van der Waals surface area contributed by atoms with Gasteiger partial charge in [-0.15, -0.1) is 0 Å². The second kappa shape index (κ2) is 5.61. The maximum Gasteiger partial charge on any atom is 0.0603 e. The average Bonchev–Trinajstić information content (AvgIpc) is 2.04. The van der Waals surface area contributed by atoms with Gasteiger partial charge in [0.25, 0.3) is 0 Å². The SMILES string of the molecule is CC(C)CC(C)OC1CCNCC1. The van der Waals surface area contributed by atoms with Gasteiger partial charge in [-0.05, 0) is 45.2 Å². The van der Waals surface area contributed by atoms with Crippen LogP contribution in [0.2, 0.25) is 0 Å². The average molecular weight is 185 g/mol. The van der Waals surface area contributed by atoms with Crippen molar-refractivity contribution in [1.29, 1.82) is 0 Å². The van der Waals surface area contributed by atoms with Crippen LogP contribution in [0, 0.1) is 5.92 Å². The third-order valence-corrected chi connectivity index (χ3v) is 2.51. The number of ether oxygens (including phenoxy) is 1. The summed E-state index contributed by atoms with van der Waals surface area (Å²) >= 11 is 0. The minimum Gasteiger partial charge on any atom is -0.375 e. The predicted molar refractivity (Wildman–Crippen MR) is 55.9 cm³/mol. The first-order valence-corrected chi connectivity index (χ1v) is 5.54. The fourth-order valence-corrected chi connectivity index (χ4v) is 1.98. The zero-order valence-corrected chi connectivity index (χ0v) is 9.18. The highest BCUT2D eigenvalue weighted by Gasteiger charge is 2.16. The largest absolute Gasteiger partial charge is 0.375 e. The van der Waals surface area contributed by atoms with E-state index in [-0.39, 0.29) is 0 Å². The molecular formula is C11H23NO.